The van der Waals surface area contributed by atoms with E-state index in [-0.39, 0.29) is 5.75 Å². The zero-order valence-electron chi connectivity index (χ0n) is 6.09. The molecule has 0 amide bonds. The van der Waals surface area contributed by atoms with Crippen LogP contribution in [0.15, 0.2) is 18.2 Å². The van der Waals surface area contributed by atoms with Crippen molar-refractivity contribution >= 4 is 13.3 Å². The second kappa shape index (κ2) is 2.65. The minimum atomic E-state index is 0.277. The highest BCUT2D eigenvalue weighted by atomic mass is 16.5. The van der Waals surface area contributed by atoms with Gasteiger partial charge < -0.3 is 9.84 Å². The van der Waals surface area contributed by atoms with Gasteiger partial charge in [-0.15, -0.1) is 0 Å². The highest BCUT2D eigenvalue weighted by Gasteiger charge is 1.95. The summed E-state index contributed by atoms with van der Waals surface area (Å²) in [5.41, 5.74) is 0.862. The second-order valence-electron chi connectivity index (χ2n) is 2.15. The summed E-state index contributed by atoms with van der Waals surface area (Å²) in [6.07, 6.45) is 0. The van der Waals surface area contributed by atoms with E-state index in [0.29, 0.717) is 5.75 Å². The second-order valence-corrected chi connectivity index (χ2v) is 2.15. The number of hydrogen-bond acceptors (Lipinski definition) is 2. The lowest BCUT2D eigenvalue weighted by molar-refractivity contribution is 0.408. The Bertz CT molecular complexity index is 235. The van der Waals surface area contributed by atoms with Crippen molar-refractivity contribution in [1.29, 1.82) is 0 Å². The molecule has 0 radical (unpaired) electrons. The van der Waals surface area contributed by atoms with E-state index < -0.39 is 0 Å². The molecule has 0 heterocycles. The minimum Gasteiger partial charge on any atom is -0.508 e. The zero-order chi connectivity index (χ0) is 7.56. The molecule has 52 valence electrons. The van der Waals surface area contributed by atoms with Gasteiger partial charge in [0.05, 0.1) is 7.11 Å². The van der Waals surface area contributed by atoms with Gasteiger partial charge in [0.25, 0.3) is 0 Å². The van der Waals surface area contributed by atoms with E-state index in [2.05, 4.69) is 0 Å². The lowest BCUT2D eigenvalue weighted by Crippen LogP contribution is -2.01. The Morgan fingerprint density at radius 3 is 2.70 bits per heavy atom. The predicted octanol–water partition coefficient (Wildman–Crippen LogP) is -0.341. The van der Waals surface area contributed by atoms with Crippen molar-refractivity contribution in [3.63, 3.8) is 0 Å². The summed E-state index contributed by atoms with van der Waals surface area (Å²) < 4.78 is 4.89. The summed E-state index contributed by atoms with van der Waals surface area (Å²) in [5, 5.41) is 9.15. The molecule has 1 aromatic carbocycles. The highest BCUT2D eigenvalue weighted by molar-refractivity contribution is 6.34. The number of rotatable bonds is 1. The van der Waals surface area contributed by atoms with Crippen LogP contribution in [0.4, 0.5) is 0 Å². The van der Waals surface area contributed by atoms with Gasteiger partial charge in [0.15, 0.2) is 0 Å². The van der Waals surface area contributed by atoms with E-state index in [0.717, 1.165) is 5.46 Å². The van der Waals surface area contributed by atoms with Crippen LogP contribution in [0.2, 0.25) is 0 Å². The molecule has 0 unspecified atom stereocenters. The van der Waals surface area contributed by atoms with Gasteiger partial charge in [-0.05, 0) is 11.5 Å². The molecule has 0 spiro atoms. The summed E-state index contributed by atoms with van der Waals surface area (Å²) in [5.74, 6) is 0.961. The topological polar surface area (TPSA) is 29.5 Å². The molecule has 2 nitrogen and oxygen atoms in total. The van der Waals surface area contributed by atoms with Crippen LogP contribution < -0.4 is 10.2 Å². The van der Waals surface area contributed by atoms with Crippen molar-refractivity contribution in [3.8, 4) is 11.5 Å². The normalized spacial score (nSPS) is 9.30. The van der Waals surface area contributed by atoms with E-state index in [1.807, 2.05) is 20.0 Å². The summed E-state index contributed by atoms with van der Waals surface area (Å²) in [7, 11) is 3.42. The van der Waals surface area contributed by atoms with Gasteiger partial charge in [-0.25, -0.2) is 0 Å². The van der Waals surface area contributed by atoms with Crippen molar-refractivity contribution in [3.05, 3.63) is 18.2 Å². The standard InChI is InChI=1S/C7H9BO2/c1-10-5-2-3-6(8)7(9)4-5/h2-4,9H,8H2,1H3. The number of phenols is 1. The monoisotopic (exact) mass is 136 g/mol. The third kappa shape index (κ3) is 1.24. The van der Waals surface area contributed by atoms with Gasteiger partial charge in [-0.1, -0.05) is 6.07 Å². The average molecular weight is 136 g/mol. The molecule has 0 aliphatic heterocycles. The first-order chi connectivity index (χ1) is 4.74. The maximum absolute atomic E-state index is 9.15. The van der Waals surface area contributed by atoms with Crippen LogP contribution in [0.1, 0.15) is 0 Å². The number of phenolic OH excluding ortho intramolecular Hbond substituents is 1. The maximum Gasteiger partial charge on any atom is 0.144 e. The van der Waals surface area contributed by atoms with Crippen LogP contribution in [-0.4, -0.2) is 20.1 Å². The van der Waals surface area contributed by atoms with Crippen molar-refractivity contribution in [2.24, 2.45) is 0 Å². The number of aromatic hydroxyl groups is 1. The molecule has 0 aliphatic rings. The Labute approximate surface area is 60.9 Å². The fraction of sp³-hybridized carbons (Fsp3) is 0.143. The third-order valence-corrected chi connectivity index (χ3v) is 1.42. The number of hydrogen-bond donors (Lipinski definition) is 1. The van der Waals surface area contributed by atoms with Gasteiger partial charge in [-0.3, -0.25) is 0 Å². The van der Waals surface area contributed by atoms with E-state index in [1.54, 1.807) is 13.2 Å². The first-order valence-corrected chi connectivity index (χ1v) is 3.07. The number of benzene rings is 1. The fourth-order valence-electron chi connectivity index (χ4n) is 0.716. The summed E-state index contributed by atoms with van der Waals surface area (Å²) in [6.45, 7) is 0. The Hall–Kier alpha value is -1.12. The van der Waals surface area contributed by atoms with Crippen LogP contribution >= 0.6 is 0 Å². The van der Waals surface area contributed by atoms with Gasteiger partial charge >= 0.3 is 0 Å². The molecule has 3 heteroatoms. The van der Waals surface area contributed by atoms with Gasteiger partial charge in [-0.2, -0.15) is 0 Å². The molecule has 0 aliphatic carbocycles. The van der Waals surface area contributed by atoms with E-state index in [9.17, 15) is 0 Å². The highest BCUT2D eigenvalue weighted by Crippen LogP contribution is 2.14. The lowest BCUT2D eigenvalue weighted by atomic mass is 9.95. The first kappa shape index (κ1) is 7.00. The van der Waals surface area contributed by atoms with Crippen molar-refractivity contribution in [1.82, 2.24) is 0 Å². The SMILES string of the molecule is Bc1ccc(OC)cc1O. The summed E-state index contributed by atoms with van der Waals surface area (Å²) >= 11 is 0. The Balaban J connectivity index is 3.04. The molecule has 0 atom stereocenters. The summed E-state index contributed by atoms with van der Waals surface area (Å²) in [6, 6.07) is 5.22. The molecular weight excluding hydrogens is 127 g/mol. The quantitative estimate of drug-likeness (QED) is 0.535. The molecule has 0 aromatic heterocycles. The fourth-order valence-corrected chi connectivity index (χ4v) is 0.716. The van der Waals surface area contributed by atoms with Gasteiger partial charge in [0, 0.05) is 6.07 Å². The smallest absolute Gasteiger partial charge is 0.144 e. The van der Waals surface area contributed by atoms with Crippen LogP contribution in [0, 0.1) is 0 Å². The van der Waals surface area contributed by atoms with Crippen LogP contribution in [0.5, 0.6) is 11.5 Å². The minimum absolute atomic E-state index is 0.277. The van der Waals surface area contributed by atoms with Crippen LogP contribution in [0.3, 0.4) is 0 Å². The van der Waals surface area contributed by atoms with Gasteiger partial charge in [0.1, 0.15) is 19.3 Å². The third-order valence-electron chi connectivity index (χ3n) is 1.42. The Morgan fingerprint density at radius 2 is 2.20 bits per heavy atom. The molecule has 1 aromatic rings. The zero-order valence-corrected chi connectivity index (χ0v) is 6.09. The van der Waals surface area contributed by atoms with Crippen molar-refractivity contribution < 1.29 is 9.84 Å². The molecule has 0 saturated heterocycles. The van der Waals surface area contributed by atoms with Crippen LogP contribution in [0.25, 0.3) is 0 Å². The maximum atomic E-state index is 9.15. The lowest BCUT2D eigenvalue weighted by Gasteiger charge is -2.01. The average Bonchev–Trinajstić information content (AvgIpc) is 1.95. The van der Waals surface area contributed by atoms with Crippen molar-refractivity contribution in [2.45, 2.75) is 0 Å². The Kier molecular flexibility index (Phi) is 1.85. The molecule has 1 rings (SSSR count). The molecule has 10 heavy (non-hydrogen) atoms. The summed E-state index contributed by atoms with van der Waals surface area (Å²) in [4.78, 5) is 0. The van der Waals surface area contributed by atoms with Gasteiger partial charge in [0.2, 0.25) is 0 Å². The molecule has 0 bridgehead atoms. The predicted molar refractivity (Wildman–Crippen MR) is 42.8 cm³/mol. The molecule has 0 saturated carbocycles. The van der Waals surface area contributed by atoms with E-state index in [4.69, 9.17) is 9.84 Å². The largest absolute Gasteiger partial charge is 0.508 e. The first-order valence-electron chi connectivity index (χ1n) is 3.07. The van der Waals surface area contributed by atoms with E-state index in [1.165, 1.54) is 0 Å². The number of methoxy groups -OCH3 is 1. The molecule has 1 N–H and O–H groups in total. The molecular formula is C7H9BO2. The number of ether oxygens (including phenoxy) is 1. The Morgan fingerprint density at radius 1 is 1.50 bits per heavy atom. The molecule has 0 fully saturated rings. The van der Waals surface area contributed by atoms with Crippen molar-refractivity contribution in [2.75, 3.05) is 7.11 Å². The van der Waals surface area contributed by atoms with Crippen LogP contribution in [-0.2, 0) is 0 Å². The van der Waals surface area contributed by atoms with E-state index >= 15 is 0 Å².